The van der Waals surface area contributed by atoms with Crippen LogP contribution in [0.5, 0.6) is 0 Å². The van der Waals surface area contributed by atoms with Crippen LogP contribution in [0.1, 0.15) is 16.1 Å². The Morgan fingerprint density at radius 3 is 3.00 bits per heavy atom. The summed E-state index contributed by atoms with van der Waals surface area (Å²) in [6.45, 7) is 2.14. The van der Waals surface area contributed by atoms with Crippen LogP contribution < -0.4 is 0 Å². The van der Waals surface area contributed by atoms with Crippen molar-refractivity contribution in [1.82, 2.24) is 5.06 Å². The van der Waals surface area contributed by atoms with Crippen molar-refractivity contribution in [1.29, 1.82) is 0 Å². The van der Waals surface area contributed by atoms with Gasteiger partial charge in [-0.15, -0.1) is 0 Å². The van der Waals surface area contributed by atoms with E-state index in [0.29, 0.717) is 11.3 Å². The van der Waals surface area contributed by atoms with Crippen LogP contribution in [0.2, 0.25) is 0 Å². The molecule has 1 fully saturated rings. The van der Waals surface area contributed by atoms with Gasteiger partial charge < -0.3 is 9.52 Å². The number of amides is 1. The predicted octanol–water partition coefficient (Wildman–Crippen LogP) is 0.336. The summed E-state index contributed by atoms with van der Waals surface area (Å²) in [4.78, 5) is 16.6. The third-order valence-electron chi connectivity index (χ3n) is 2.00. The highest BCUT2D eigenvalue weighted by atomic mass is 16.7. The number of rotatable bonds is 1. The second-order valence-corrected chi connectivity index (χ2v) is 3.26. The van der Waals surface area contributed by atoms with E-state index < -0.39 is 6.10 Å². The molecule has 0 spiro atoms. The standard InChI is InChI=1S/C9H11NO4/c1-6-2-7(4-13-6)9(12)10-3-8(11)5-14-10/h2,4,8,11H,3,5H2,1H3/t8-/m1/s1. The van der Waals surface area contributed by atoms with Crippen LogP contribution in [0.25, 0.3) is 0 Å². The van der Waals surface area contributed by atoms with Gasteiger partial charge in [0, 0.05) is 0 Å². The molecule has 1 aromatic heterocycles. The van der Waals surface area contributed by atoms with Crippen LogP contribution in [0.15, 0.2) is 16.7 Å². The molecule has 1 N–H and O–H groups in total. The highest BCUT2D eigenvalue weighted by Crippen LogP contribution is 2.13. The molecule has 0 saturated carbocycles. The van der Waals surface area contributed by atoms with Gasteiger partial charge in [0.1, 0.15) is 24.7 Å². The van der Waals surface area contributed by atoms with Crippen molar-refractivity contribution in [3.8, 4) is 0 Å². The fraction of sp³-hybridized carbons (Fsp3) is 0.444. The summed E-state index contributed by atoms with van der Waals surface area (Å²) in [5, 5.41) is 10.3. The predicted molar refractivity (Wildman–Crippen MR) is 46.4 cm³/mol. The Kier molecular flexibility index (Phi) is 2.26. The second kappa shape index (κ2) is 3.43. The molecule has 5 heteroatoms. The molecular weight excluding hydrogens is 186 g/mol. The van der Waals surface area contributed by atoms with E-state index in [0.717, 1.165) is 5.06 Å². The van der Waals surface area contributed by atoms with Crippen LogP contribution >= 0.6 is 0 Å². The quantitative estimate of drug-likeness (QED) is 0.705. The zero-order valence-electron chi connectivity index (χ0n) is 7.77. The van der Waals surface area contributed by atoms with Gasteiger partial charge in [-0.3, -0.25) is 9.63 Å². The van der Waals surface area contributed by atoms with Gasteiger partial charge in [0.05, 0.1) is 12.1 Å². The number of nitrogens with zero attached hydrogens (tertiary/aromatic N) is 1. The largest absolute Gasteiger partial charge is 0.469 e. The lowest BCUT2D eigenvalue weighted by Gasteiger charge is -2.11. The lowest BCUT2D eigenvalue weighted by atomic mass is 10.3. The Morgan fingerprint density at radius 1 is 1.71 bits per heavy atom. The molecule has 1 amide bonds. The first-order valence-electron chi connectivity index (χ1n) is 4.35. The molecule has 76 valence electrons. The topological polar surface area (TPSA) is 62.9 Å². The minimum atomic E-state index is -0.591. The van der Waals surface area contributed by atoms with E-state index >= 15 is 0 Å². The normalized spacial score (nSPS) is 21.6. The summed E-state index contributed by atoms with van der Waals surface area (Å²) in [7, 11) is 0. The first kappa shape index (κ1) is 9.23. The van der Waals surface area contributed by atoms with Crippen LogP contribution in [-0.4, -0.2) is 35.3 Å². The van der Waals surface area contributed by atoms with Crippen LogP contribution in [0.3, 0.4) is 0 Å². The maximum Gasteiger partial charge on any atom is 0.280 e. The van der Waals surface area contributed by atoms with Crippen LogP contribution in [-0.2, 0) is 4.84 Å². The van der Waals surface area contributed by atoms with Crippen molar-refractivity contribution in [3.63, 3.8) is 0 Å². The van der Waals surface area contributed by atoms with E-state index in [-0.39, 0.29) is 19.1 Å². The summed E-state index contributed by atoms with van der Waals surface area (Å²) in [6, 6.07) is 1.64. The highest BCUT2D eigenvalue weighted by Gasteiger charge is 2.27. The molecule has 14 heavy (non-hydrogen) atoms. The van der Waals surface area contributed by atoms with Crippen molar-refractivity contribution in [2.75, 3.05) is 13.2 Å². The first-order chi connectivity index (χ1) is 6.66. The lowest BCUT2D eigenvalue weighted by molar-refractivity contribution is -0.0780. The van der Waals surface area contributed by atoms with Gasteiger partial charge in [-0.05, 0) is 13.0 Å². The molecule has 1 atom stereocenters. The Balaban J connectivity index is 2.09. The molecule has 1 aliphatic heterocycles. The van der Waals surface area contributed by atoms with Gasteiger partial charge in [-0.25, -0.2) is 5.06 Å². The number of carbonyl (C=O) groups excluding carboxylic acids is 1. The van der Waals surface area contributed by atoms with E-state index in [2.05, 4.69) is 0 Å². The minimum Gasteiger partial charge on any atom is -0.469 e. The first-order valence-corrected chi connectivity index (χ1v) is 4.35. The molecule has 2 rings (SSSR count). The second-order valence-electron chi connectivity index (χ2n) is 3.26. The average Bonchev–Trinajstić information content (AvgIpc) is 2.73. The Bertz CT molecular complexity index is 346. The zero-order valence-corrected chi connectivity index (χ0v) is 7.77. The maximum absolute atomic E-state index is 11.6. The molecule has 1 aromatic rings. The third kappa shape index (κ3) is 1.64. The summed E-state index contributed by atoms with van der Waals surface area (Å²) in [5.41, 5.74) is 0.441. The van der Waals surface area contributed by atoms with Gasteiger partial charge in [-0.1, -0.05) is 0 Å². The number of aliphatic hydroxyl groups excluding tert-OH is 1. The Hall–Kier alpha value is -1.33. The number of furan rings is 1. The fourth-order valence-corrected chi connectivity index (χ4v) is 1.31. The number of β-amino-alcohol motifs (C(OH)–C–C–N with tert-alkyl or cyclic N) is 1. The molecular formula is C9H11NO4. The molecule has 0 aliphatic carbocycles. The summed E-state index contributed by atoms with van der Waals surface area (Å²) >= 11 is 0. The van der Waals surface area contributed by atoms with E-state index in [9.17, 15) is 4.79 Å². The molecule has 0 aromatic carbocycles. The molecule has 1 aliphatic rings. The van der Waals surface area contributed by atoms with Gasteiger partial charge in [0.2, 0.25) is 0 Å². The Morgan fingerprint density at radius 2 is 2.50 bits per heavy atom. The summed E-state index contributed by atoms with van der Waals surface area (Å²) in [6.07, 6.45) is 0.790. The zero-order chi connectivity index (χ0) is 10.1. The van der Waals surface area contributed by atoms with Gasteiger partial charge in [0.25, 0.3) is 5.91 Å². The molecule has 0 bridgehead atoms. The molecule has 5 nitrogen and oxygen atoms in total. The maximum atomic E-state index is 11.6. The summed E-state index contributed by atoms with van der Waals surface area (Å²) in [5.74, 6) is 0.395. The van der Waals surface area contributed by atoms with Crippen LogP contribution in [0.4, 0.5) is 0 Å². The molecule has 0 unspecified atom stereocenters. The number of carbonyl (C=O) groups is 1. The van der Waals surface area contributed by atoms with Crippen molar-refractivity contribution in [2.45, 2.75) is 13.0 Å². The van der Waals surface area contributed by atoms with Crippen molar-refractivity contribution in [2.24, 2.45) is 0 Å². The monoisotopic (exact) mass is 197 g/mol. The van der Waals surface area contributed by atoms with Crippen molar-refractivity contribution < 1.29 is 19.2 Å². The van der Waals surface area contributed by atoms with Crippen LogP contribution in [0, 0.1) is 6.92 Å². The summed E-state index contributed by atoms with van der Waals surface area (Å²) < 4.78 is 5.01. The number of aryl methyl sites for hydroxylation is 1. The van der Waals surface area contributed by atoms with Gasteiger partial charge >= 0.3 is 0 Å². The minimum absolute atomic E-state index is 0.169. The lowest BCUT2D eigenvalue weighted by Crippen LogP contribution is -2.28. The average molecular weight is 197 g/mol. The fourth-order valence-electron chi connectivity index (χ4n) is 1.31. The smallest absolute Gasteiger partial charge is 0.280 e. The van der Waals surface area contributed by atoms with E-state index in [1.807, 2.05) is 0 Å². The van der Waals surface area contributed by atoms with Gasteiger partial charge in [0.15, 0.2) is 0 Å². The number of hydroxylamine groups is 2. The molecule has 0 radical (unpaired) electrons. The van der Waals surface area contributed by atoms with E-state index in [1.54, 1.807) is 13.0 Å². The third-order valence-corrected chi connectivity index (χ3v) is 2.00. The molecule has 1 saturated heterocycles. The van der Waals surface area contributed by atoms with E-state index in [4.69, 9.17) is 14.4 Å². The highest BCUT2D eigenvalue weighted by molar-refractivity contribution is 5.93. The van der Waals surface area contributed by atoms with Gasteiger partial charge in [-0.2, -0.15) is 0 Å². The molecule has 2 heterocycles. The number of aliphatic hydroxyl groups is 1. The SMILES string of the molecule is Cc1cc(C(=O)N2C[C@@H](O)CO2)co1. The number of hydrogen-bond acceptors (Lipinski definition) is 4. The number of hydrogen-bond donors (Lipinski definition) is 1. The van der Waals surface area contributed by atoms with Crippen molar-refractivity contribution >= 4 is 5.91 Å². The Labute approximate surface area is 80.8 Å². The van der Waals surface area contributed by atoms with Crippen molar-refractivity contribution in [3.05, 3.63) is 23.7 Å². The van der Waals surface area contributed by atoms with E-state index in [1.165, 1.54) is 6.26 Å².